The van der Waals surface area contributed by atoms with Crippen molar-refractivity contribution in [3.8, 4) is 0 Å². The summed E-state index contributed by atoms with van der Waals surface area (Å²) >= 11 is 5.74. The first-order valence-electron chi connectivity index (χ1n) is 5.38. The number of anilines is 1. The van der Waals surface area contributed by atoms with Crippen molar-refractivity contribution in [1.82, 2.24) is 4.98 Å². The minimum atomic E-state index is -0.871. The van der Waals surface area contributed by atoms with Gasteiger partial charge in [0.1, 0.15) is 5.82 Å². The molecule has 3 nitrogen and oxygen atoms in total. The molecule has 5 heteroatoms. The second-order valence-corrected chi connectivity index (χ2v) is 4.43. The van der Waals surface area contributed by atoms with Gasteiger partial charge in [0.2, 0.25) is 0 Å². The van der Waals surface area contributed by atoms with Gasteiger partial charge < -0.3 is 10.8 Å². The van der Waals surface area contributed by atoms with Gasteiger partial charge >= 0.3 is 0 Å². The summed E-state index contributed by atoms with van der Waals surface area (Å²) < 4.78 is 13.2. The molecule has 0 fully saturated rings. The molecule has 0 aliphatic carbocycles. The van der Waals surface area contributed by atoms with Gasteiger partial charge in [-0.2, -0.15) is 0 Å². The molecule has 18 heavy (non-hydrogen) atoms. The molecule has 94 valence electrons. The number of hydrogen-bond acceptors (Lipinski definition) is 3. The number of benzene rings is 1. The third-order valence-electron chi connectivity index (χ3n) is 2.62. The summed E-state index contributed by atoms with van der Waals surface area (Å²) in [5.41, 5.74) is 7.44. The van der Waals surface area contributed by atoms with E-state index in [1.807, 2.05) is 0 Å². The minimum absolute atomic E-state index is 0.253. The summed E-state index contributed by atoms with van der Waals surface area (Å²) in [6, 6.07) is 5.63. The molecule has 0 aliphatic rings. The Morgan fingerprint density at radius 3 is 2.83 bits per heavy atom. The summed E-state index contributed by atoms with van der Waals surface area (Å²) in [6.07, 6.45) is 2.55. The number of nitrogen functional groups attached to an aromatic ring is 1. The molecule has 1 unspecified atom stereocenters. The first kappa shape index (κ1) is 12.8. The lowest BCUT2D eigenvalue weighted by Crippen LogP contribution is -2.05. The Morgan fingerprint density at radius 2 is 2.17 bits per heavy atom. The van der Waals surface area contributed by atoms with Crippen LogP contribution in [0.4, 0.5) is 10.1 Å². The van der Waals surface area contributed by atoms with E-state index in [-0.39, 0.29) is 11.4 Å². The molecule has 0 bridgehead atoms. The van der Waals surface area contributed by atoms with E-state index in [2.05, 4.69) is 4.98 Å². The highest BCUT2D eigenvalue weighted by molar-refractivity contribution is 6.30. The number of hydrogen-bond donors (Lipinski definition) is 2. The van der Waals surface area contributed by atoms with Crippen LogP contribution < -0.4 is 5.73 Å². The molecule has 2 rings (SSSR count). The fourth-order valence-electron chi connectivity index (χ4n) is 1.70. The summed E-state index contributed by atoms with van der Waals surface area (Å²) in [5, 5.41) is 10.3. The zero-order chi connectivity index (χ0) is 13.1. The molecule has 2 aromatic rings. The van der Waals surface area contributed by atoms with Gasteiger partial charge in [-0.1, -0.05) is 11.6 Å². The van der Waals surface area contributed by atoms with Gasteiger partial charge in [0.15, 0.2) is 0 Å². The van der Waals surface area contributed by atoms with Crippen LogP contribution in [0.5, 0.6) is 0 Å². The summed E-state index contributed by atoms with van der Waals surface area (Å²) in [5.74, 6) is -0.476. The molecule has 1 atom stereocenters. The fourth-order valence-corrected chi connectivity index (χ4v) is 1.93. The number of aromatic nitrogens is 1. The Morgan fingerprint density at radius 1 is 1.39 bits per heavy atom. The number of pyridine rings is 1. The van der Waals surface area contributed by atoms with Crippen LogP contribution in [0.1, 0.15) is 17.2 Å². The first-order valence-corrected chi connectivity index (χ1v) is 5.76. The van der Waals surface area contributed by atoms with Gasteiger partial charge in [-0.3, -0.25) is 4.98 Å². The Balaban J connectivity index is 2.22. The van der Waals surface area contributed by atoms with Crippen molar-refractivity contribution in [1.29, 1.82) is 0 Å². The predicted molar refractivity (Wildman–Crippen MR) is 68.7 cm³/mol. The standard InChI is InChI=1S/C13H12ClFN2O/c14-10-3-8(4-11(15)6-10)13(18)5-9-7-17-2-1-12(9)16/h1-4,6-7,13,18H,5H2,(H2,16,17). The van der Waals surface area contributed by atoms with Crippen LogP contribution >= 0.6 is 11.6 Å². The summed E-state index contributed by atoms with van der Waals surface area (Å²) in [6.45, 7) is 0. The lowest BCUT2D eigenvalue weighted by atomic mass is 10.0. The minimum Gasteiger partial charge on any atom is -0.398 e. The third-order valence-corrected chi connectivity index (χ3v) is 2.84. The van der Waals surface area contributed by atoms with Crippen molar-refractivity contribution in [2.24, 2.45) is 0 Å². The molecule has 0 aliphatic heterocycles. The third kappa shape index (κ3) is 2.97. The molecule has 0 amide bonds. The molecule has 1 aromatic carbocycles. The molecule has 3 N–H and O–H groups in total. The fraction of sp³-hybridized carbons (Fsp3) is 0.154. The molecular weight excluding hydrogens is 255 g/mol. The lowest BCUT2D eigenvalue weighted by Gasteiger charge is -2.12. The van der Waals surface area contributed by atoms with E-state index in [0.29, 0.717) is 16.8 Å². The molecule has 0 saturated heterocycles. The molecule has 1 aromatic heterocycles. The highest BCUT2D eigenvalue weighted by Crippen LogP contribution is 2.24. The van der Waals surface area contributed by atoms with Crippen molar-refractivity contribution < 1.29 is 9.50 Å². The van der Waals surface area contributed by atoms with Crippen molar-refractivity contribution in [3.05, 3.63) is 58.6 Å². The highest BCUT2D eigenvalue weighted by atomic mass is 35.5. The van der Waals surface area contributed by atoms with E-state index in [1.165, 1.54) is 18.2 Å². The number of aliphatic hydroxyl groups excluding tert-OH is 1. The van der Waals surface area contributed by atoms with Crippen LogP contribution in [0.2, 0.25) is 5.02 Å². The highest BCUT2D eigenvalue weighted by Gasteiger charge is 2.12. The van der Waals surface area contributed by atoms with E-state index >= 15 is 0 Å². The Hall–Kier alpha value is -1.65. The predicted octanol–water partition coefficient (Wildman–Crippen LogP) is 2.73. The number of aliphatic hydroxyl groups is 1. The first-order chi connectivity index (χ1) is 8.56. The number of rotatable bonds is 3. The SMILES string of the molecule is Nc1ccncc1CC(O)c1cc(F)cc(Cl)c1. The number of nitrogens with zero attached hydrogens (tertiary/aromatic N) is 1. The van der Waals surface area contributed by atoms with E-state index < -0.39 is 11.9 Å². The van der Waals surface area contributed by atoms with E-state index in [9.17, 15) is 9.50 Å². The average molecular weight is 267 g/mol. The van der Waals surface area contributed by atoms with E-state index in [4.69, 9.17) is 17.3 Å². The monoisotopic (exact) mass is 266 g/mol. The van der Waals surface area contributed by atoms with Crippen molar-refractivity contribution in [2.75, 3.05) is 5.73 Å². The lowest BCUT2D eigenvalue weighted by molar-refractivity contribution is 0.178. The molecule has 1 heterocycles. The van der Waals surface area contributed by atoms with Gasteiger partial charge in [0, 0.05) is 29.5 Å². The maximum absolute atomic E-state index is 13.2. The summed E-state index contributed by atoms with van der Waals surface area (Å²) in [7, 11) is 0. The number of nitrogens with two attached hydrogens (primary N) is 1. The van der Waals surface area contributed by atoms with Gasteiger partial charge in [-0.05, 0) is 35.4 Å². The zero-order valence-corrected chi connectivity index (χ0v) is 10.2. The van der Waals surface area contributed by atoms with Crippen LogP contribution in [-0.2, 0) is 6.42 Å². The van der Waals surface area contributed by atoms with Gasteiger partial charge in [-0.25, -0.2) is 4.39 Å². The van der Waals surface area contributed by atoms with Crippen molar-refractivity contribution in [3.63, 3.8) is 0 Å². The molecule has 0 radical (unpaired) electrons. The Bertz CT molecular complexity index is 542. The van der Waals surface area contributed by atoms with Crippen LogP contribution in [0.25, 0.3) is 0 Å². The van der Waals surface area contributed by atoms with Gasteiger partial charge in [0.25, 0.3) is 0 Å². The largest absolute Gasteiger partial charge is 0.398 e. The zero-order valence-electron chi connectivity index (χ0n) is 9.48. The second-order valence-electron chi connectivity index (χ2n) is 4.00. The number of halogens is 2. The smallest absolute Gasteiger partial charge is 0.125 e. The normalized spacial score (nSPS) is 12.4. The quantitative estimate of drug-likeness (QED) is 0.898. The Labute approximate surface area is 109 Å². The van der Waals surface area contributed by atoms with E-state index in [1.54, 1.807) is 18.5 Å². The van der Waals surface area contributed by atoms with Crippen LogP contribution in [0, 0.1) is 5.82 Å². The summed E-state index contributed by atoms with van der Waals surface area (Å²) in [4.78, 5) is 3.94. The average Bonchev–Trinajstić information content (AvgIpc) is 2.31. The maximum Gasteiger partial charge on any atom is 0.125 e. The van der Waals surface area contributed by atoms with Crippen molar-refractivity contribution in [2.45, 2.75) is 12.5 Å². The topological polar surface area (TPSA) is 59.1 Å². The van der Waals surface area contributed by atoms with Gasteiger partial charge in [-0.15, -0.1) is 0 Å². The van der Waals surface area contributed by atoms with Crippen LogP contribution in [0.15, 0.2) is 36.7 Å². The van der Waals surface area contributed by atoms with Crippen LogP contribution in [-0.4, -0.2) is 10.1 Å². The van der Waals surface area contributed by atoms with Crippen LogP contribution in [0.3, 0.4) is 0 Å². The molecular formula is C13H12ClFN2O. The molecule has 0 saturated carbocycles. The molecule has 0 spiro atoms. The van der Waals surface area contributed by atoms with E-state index in [0.717, 1.165) is 0 Å². The van der Waals surface area contributed by atoms with Gasteiger partial charge in [0.05, 0.1) is 6.10 Å². The van der Waals surface area contributed by atoms with Crippen molar-refractivity contribution >= 4 is 17.3 Å². The maximum atomic E-state index is 13.2. The second kappa shape index (κ2) is 5.33. The Kier molecular flexibility index (Phi) is 3.79.